The molecule has 108 valence electrons. The van der Waals surface area contributed by atoms with E-state index in [2.05, 4.69) is 24.3 Å². The molecule has 0 unspecified atom stereocenters. The summed E-state index contributed by atoms with van der Waals surface area (Å²) in [5.41, 5.74) is 2.19. The van der Waals surface area contributed by atoms with E-state index in [9.17, 15) is 0 Å². The number of nitrogens with one attached hydrogen (secondary N) is 1. The van der Waals surface area contributed by atoms with Crippen molar-refractivity contribution in [1.82, 2.24) is 15.1 Å². The predicted octanol–water partition coefficient (Wildman–Crippen LogP) is 3.93. The summed E-state index contributed by atoms with van der Waals surface area (Å²) in [7, 11) is 0. The molecule has 19 heavy (non-hydrogen) atoms. The average Bonchev–Trinajstić information content (AvgIpc) is 2.60. The van der Waals surface area contributed by atoms with Crippen LogP contribution in [0.4, 0.5) is 0 Å². The standard InChI is InChI=1S/C15H26ClN3/c1-3-13-15(16)14(19(4-2)18-13)11-17-12-9-7-5-6-8-10-12/h12,17H,3-11H2,1-2H3. The van der Waals surface area contributed by atoms with Gasteiger partial charge in [0, 0.05) is 19.1 Å². The fourth-order valence-electron chi connectivity index (χ4n) is 2.91. The van der Waals surface area contributed by atoms with Gasteiger partial charge in [-0.25, -0.2) is 0 Å². The summed E-state index contributed by atoms with van der Waals surface area (Å²) in [5, 5.41) is 9.13. The molecule has 0 bridgehead atoms. The van der Waals surface area contributed by atoms with Gasteiger partial charge in [-0.15, -0.1) is 0 Å². The Morgan fingerprint density at radius 1 is 1.21 bits per heavy atom. The van der Waals surface area contributed by atoms with Gasteiger partial charge in [-0.1, -0.05) is 44.2 Å². The topological polar surface area (TPSA) is 29.9 Å². The number of aryl methyl sites for hydroxylation is 2. The second kappa shape index (κ2) is 7.30. The second-order valence-electron chi connectivity index (χ2n) is 5.45. The predicted molar refractivity (Wildman–Crippen MR) is 80.6 cm³/mol. The molecule has 0 aliphatic heterocycles. The molecule has 2 rings (SSSR count). The third-order valence-electron chi connectivity index (χ3n) is 4.11. The number of aromatic nitrogens is 2. The van der Waals surface area contributed by atoms with E-state index >= 15 is 0 Å². The Labute approximate surface area is 121 Å². The van der Waals surface area contributed by atoms with Gasteiger partial charge >= 0.3 is 0 Å². The highest BCUT2D eigenvalue weighted by Gasteiger charge is 2.16. The minimum absolute atomic E-state index is 0.656. The van der Waals surface area contributed by atoms with Crippen molar-refractivity contribution >= 4 is 11.6 Å². The molecule has 0 aromatic carbocycles. The minimum atomic E-state index is 0.656. The molecule has 1 aromatic rings. The lowest BCUT2D eigenvalue weighted by Crippen LogP contribution is -2.29. The van der Waals surface area contributed by atoms with Gasteiger partial charge in [0.25, 0.3) is 0 Å². The maximum absolute atomic E-state index is 6.43. The van der Waals surface area contributed by atoms with Crippen LogP contribution in [0.5, 0.6) is 0 Å². The Kier molecular flexibility index (Phi) is 5.71. The van der Waals surface area contributed by atoms with Gasteiger partial charge in [-0.2, -0.15) is 5.10 Å². The first kappa shape index (κ1) is 14.9. The zero-order chi connectivity index (χ0) is 13.7. The van der Waals surface area contributed by atoms with E-state index in [1.807, 2.05) is 4.68 Å². The van der Waals surface area contributed by atoms with E-state index in [4.69, 9.17) is 11.6 Å². The van der Waals surface area contributed by atoms with Crippen LogP contribution in [0.1, 0.15) is 63.8 Å². The molecule has 1 saturated carbocycles. The molecule has 3 nitrogen and oxygen atoms in total. The summed E-state index contributed by atoms with van der Waals surface area (Å²) >= 11 is 6.43. The summed E-state index contributed by atoms with van der Waals surface area (Å²) in [6.07, 6.45) is 9.02. The molecule has 0 atom stereocenters. The van der Waals surface area contributed by atoms with E-state index in [0.29, 0.717) is 6.04 Å². The summed E-state index contributed by atoms with van der Waals surface area (Å²) in [4.78, 5) is 0. The number of halogens is 1. The maximum Gasteiger partial charge on any atom is 0.0863 e. The largest absolute Gasteiger partial charge is 0.308 e. The summed E-state index contributed by atoms with van der Waals surface area (Å²) in [6.45, 7) is 5.97. The molecule has 1 aliphatic carbocycles. The van der Waals surface area contributed by atoms with Crippen LogP contribution in [0.15, 0.2) is 0 Å². The summed E-state index contributed by atoms with van der Waals surface area (Å²) in [5.74, 6) is 0. The van der Waals surface area contributed by atoms with E-state index < -0.39 is 0 Å². The zero-order valence-electron chi connectivity index (χ0n) is 12.2. The Morgan fingerprint density at radius 3 is 2.47 bits per heavy atom. The van der Waals surface area contributed by atoms with Crippen LogP contribution in [0.25, 0.3) is 0 Å². The lowest BCUT2D eigenvalue weighted by atomic mass is 10.1. The third kappa shape index (κ3) is 3.73. The van der Waals surface area contributed by atoms with Crippen molar-refractivity contribution in [2.24, 2.45) is 0 Å². The molecule has 0 radical (unpaired) electrons. The quantitative estimate of drug-likeness (QED) is 0.830. The Morgan fingerprint density at radius 2 is 1.89 bits per heavy atom. The summed E-state index contributed by atoms with van der Waals surface area (Å²) in [6, 6.07) is 0.656. The molecule has 0 amide bonds. The van der Waals surface area contributed by atoms with Gasteiger partial charge < -0.3 is 5.32 Å². The van der Waals surface area contributed by atoms with Crippen molar-refractivity contribution in [3.8, 4) is 0 Å². The van der Waals surface area contributed by atoms with Gasteiger partial charge in [-0.3, -0.25) is 4.68 Å². The van der Waals surface area contributed by atoms with E-state index in [1.165, 1.54) is 38.5 Å². The van der Waals surface area contributed by atoms with Crippen molar-refractivity contribution in [2.75, 3.05) is 0 Å². The highest BCUT2D eigenvalue weighted by atomic mass is 35.5. The first-order valence-electron chi connectivity index (χ1n) is 7.73. The molecule has 4 heteroatoms. The molecule has 1 aromatic heterocycles. The van der Waals surface area contributed by atoms with Crippen LogP contribution < -0.4 is 5.32 Å². The third-order valence-corrected chi connectivity index (χ3v) is 4.54. The molecule has 1 aliphatic rings. The molecule has 1 fully saturated rings. The number of hydrogen-bond donors (Lipinski definition) is 1. The molecule has 1 heterocycles. The maximum atomic E-state index is 6.43. The van der Waals surface area contributed by atoms with E-state index in [-0.39, 0.29) is 0 Å². The first-order valence-corrected chi connectivity index (χ1v) is 8.11. The Bertz CT molecular complexity index is 392. The van der Waals surface area contributed by atoms with Crippen molar-refractivity contribution in [3.63, 3.8) is 0 Å². The van der Waals surface area contributed by atoms with Gasteiger partial charge in [-0.05, 0) is 26.2 Å². The zero-order valence-corrected chi connectivity index (χ0v) is 13.0. The molecule has 0 saturated heterocycles. The van der Waals surface area contributed by atoms with Gasteiger partial charge in [0.1, 0.15) is 0 Å². The highest BCUT2D eigenvalue weighted by Crippen LogP contribution is 2.23. The van der Waals surface area contributed by atoms with Crippen molar-refractivity contribution in [3.05, 3.63) is 16.4 Å². The lowest BCUT2D eigenvalue weighted by molar-refractivity contribution is 0.446. The molecular weight excluding hydrogens is 258 g/mol. The van der Waals surface area contributed by atoms with Crippen LogP contribution >= 0.6 is 11.6 Å². The lowest BCUT2D eigenvalue weighted by Gasteiger charge is -2.16. The normalized spacial score (nSPS) is 17.6. The second-order valence-corrected chi connectivity index (χ2v) is 5.82. The number of hydrogen-bond acceptors (Lipinski definition) is 2. The molecule has 0 spiro atoms. The minimum Gasteiger partial charge on any atom is -0.308 e. The van der Waals surface area contributed by atoms with Gasteiger partial charge in [0.05, 0.1) is 16.4 Å². The van der Waals surface area contributed by atoms with Crippen LogP contribution in [0, 0.1) is 0 Å². The SMILES string of the molecule is CCc1nn(CC)c(CNC2CCCCCC2)c1Cl. The fraction of sp³-hybridized carbons (Fsp3) is 0.800. The first-order chi connectivity index (χ1) is 9.26. The van der Waals surface area contributed by atoms with Crippen LogP contribution in [0.2, 0.25) is 5.02 Å². The molecular formula is C15H26ClN3. The number of nitrogens with zero attached hydrogens (tertiary/aromatic N) is 2. The van der Waals surface area contributed by atoms with E-state index in [0.717, 1.165) is 35.9 Å². The highest BCUT2D eigenvalue weighted by molar-refractivity contribution is 6.31. The van der Waals surface area contributed by atoms with Crippen LogP contribution in [-0.4, -0.2) is 15.8 Å². The smallest absolute Gasteiger partial charge is 0.0863 e. The van der Waals surface area contributed by atoms with Crippen LogP contribution in [0.3, 0.4) is 0 Å². The van der Waals surface area contributed by atoms with Gasteiger partial charge in [0.2, 0.25) is 0 Å². The van der Waals surface area contributed by atoms with Crippen molar-refractivity contribution in [2.45, 2.75) is 77.9 Å². The summed E-state index contributed by atoms with van der Waals surface area (Å²) < 4.78 is 2.05. The monoisotopic (exact) mass is 283 g/mol. The molecule has 1 N–H and O–H groups in total. The fourth-order valence-corrected chi connectivity index (χ4v) is 3.25. The Balaban J connectivity index is 1.99. The number of rotatable bonds is 5. The van der Waals surface area contributed by atoms with Gasteiger partial charge in [0.15, 0.2) is 0 Å². The Hall–Kier alpha value is -0.540. The average molecular weight is 284 g/mol. The van der Waals surface area contributed by atoms with E-state index in [1.54, 1.807) is 0 Å². The van der Waals surface area contributed by atoms with Crippen molar-refractivity contribution in [1.29, 1.82) is 0 Å². The van der Waals surface area contributed by atoms with Crippen molar-refractivity contribution < 1.29 is 0 Å². The van der Waals surface area contributed by atoms with Crippen LogP contribution in [-0.2, 0) is 19.5 Å².